The van der Waals surface area contributed by atoms with Gasteiger partial charge in [0.2, 0.25) is 0 Å². The number of nitro groups is 1. The highest BCUT2D eigenvalue weighted by atomic mass is 16.6. The fourth-order valence-corrected chi connectivity index (χ4v) is 2.05. The van der Waals surface area contributed by atoms with E-state index in [1.807, 2.05) is 0 Å². The maximum atomic E-state index is 11.0. The summed E-state index contributed by atoms with van der Waals surface area (Å²) >= 11 is 0. The van der Waals surface area contributed by atoms with Crippen molar-refractivity contribution in [2.24, 2.45) is 0 Å². The minimum atomic E-state index is -1.37. The van der Waals surface area contributed by atoms with E-state index >= 15 is 0 Å². The van der Waals surface area contributed by atoms with Gasteiger partial charge in [-0.05, 0) is 12.1 Å². The minimum absolute atomic E-state index is 0.0525. The fraction of sp³-hybridized carbons (Fsp3) is 0.417. The molecule has 1 atom stereocenters. The first-order chi connectivity index (χ1) is 9.43. The summed E-state index contributed by atoms with van der Waals surface area (Å²) in [7, 11) is 0. The number of hydrogen-bond acceptors (Lipinski definition) is 6. The Labute approximate surface area is 114 Å². The van der Waals surface area contributed by atoms with Gasteiger partial charge in [0.25, 0.3) is 0 Å². The molecule has 1 saturated heterocycles. The van der Waals surface area contributed by atoms with Crippen molar-refractivity contribution in [1.29, 1.82) is 0 Å². The lowest BCUT2D eigenvalue weighted by molar-refractivity contribution is -0.384. The molecule has 1 heterocycles. The van der Waals surface area contributed by atoms with E-state index in [0.29, 0.717) is 13.0 Å². The molecule has 8 heteroatoms. The lowest BCUT2D eigenvalue weighted by atomic mass is 10.0. The van der Waals surface area contributed by atoms with E-state index in [-0.39, 0.29) is 18.8 Å². The smallest absolute Gasteiger partial charge is 0.342 e. The molecule has 2 rings (SSSR count). The quantitative estimate of drug-likeness (QED) is 0.540. The van der Waals surface area contributed by atoms with Gasteiger partial charge < -0.3 is 20.3 Å². The van der Waals surface area contributed by atoms with Gasteiger partial charge in [0.1, 0.15) is 16.9 Å². The fourth-order valence-electron chi connectivity index (χ4n) is 2.05. The minimum Gasteiger partial charge on any atom is -0.477 e. The van der Waals surface area contributed by atoms with Crippen molar-refractivity contribution in [3.05, 3.63) is 33.9 Å². The number of nitrogens with one attached hydrogen (secondary N) is 1. The Morgan fingerprint density at radius 1 is 1.55 bits per heavy atom. The van der Waals surface area contributed by atoms with Gasteiger partial charge in [-0.25, -0.2) is 4.79 Å². The van der Waals surface area contributed by atoms with Gasteiger partial charge in [0.05, 0.1) is 11.5 Å². The van der Waals surface area contributed by atoms with Gasteiger partial charge in [-0.15, -0.1) is 0 Å². The Bertz CT molecular complexity index is 539. The van der Waals surface area contributed by atoms with Crippen molar-refractivity contribution in [1.82, 2.24) is 0 Å². The van der Waals surface area contributed by atoms with Crippen molar-refractivity contribution < 1.29 is 24.7 Å². The first-order valence-electron chi connectivity index (χ1n) is 5.98. The highest BCUT2D eigenvalue weighted by molar-refractivity contribution is 5.95. The van der Waals surface area contributed by atoms with Gasteiger partial charge in [-0.1, -0.05) is 6.07 Å². The van der Waals surface area contributed by atoms with Crippen LogP contribution in [0, 0.1) is 10.1 Å². The van der Waals surface area contributed by atoms with Crippen LogP contribution in [0.15, 0.2) is 18.2 Å². The summed E-state index contributed by atoms with van der Waals surface area (Å²) in [6, 6.07) is 3.98. The normalized spacial score (nSPS) is 21.6. The number of benzene rings is 1. The molecule has 0 radical (unpaired) electrons. The van der Waals surface area contributed by atoms with Crippen LogP contribution in [0.1, 0.15) is 16.8 Å². The zero-order valence-corrected chi connectivity index (χ0v) is 10.5. The molecule has 1 aromatic rings. The van der Waals surface area contributed by atoms with Crippen LogP contribution in [0.2, 0.25) is 0 Å². The van der Waals surface area contributed by atoms with Gasteiger partial charge in [-0.2, -0.15) is 0 Å². The van der Waals surface area contributed by atoms with Crippen molar-refractivity contribution in [3.8, 4) is 0 Å². The van der Waals surface area contributed by atoms with Crippen molar-refractivity contribution >= 4 is 17.3 Å². The Morgan fingerprint density at radius 2 is 2.30 bits per heavy atom. The number of nitro benzene ring substituents is 1. The van der Waals surface area contributed by atoms with E-state index in [0.717, 1.165) is 0 Å². The average Bonchev–Trinajstić information content (AvgIpc) is 2.83. The number of rotatable bonds is 5. The number of aromatic carboxylic acids is 1. The highest BCUT2D eigenvalue weighted by Gasteiger charge is 2.33. The maximum Gasteiger partial charge on any atom is 0.342 e. The summed E-state index contributed by atoms with van der Waals surface area (Å²) in [6.45, 7) is 0.624. The Kier molecular flexibility index (Phi) is 3.86. The Hall–Kier alpha value is -2.19. The number of carboxylic acids is 1. The lowest BCUT2D eigenvalue weighted by Crippen LogP contribution is -2.37. The molecular weight excluding hydrogens is 268 g/mol. The second-order valence-corrected chi connectivity index (χ2v) is 4.64. The van der Waals surface area contributed by atoms with E-state index in [1.165, 1.54) is 18.2 Å². The number of aliphatic hydroxyl groups is 1. The molecule has 108 valence electrons. The zero-order valence-electron chi connectivity index (χ0n) is 10.5. The van der Waals surface area contributed by atoms with Gasteiger partial charge in [-0.3, -0.25) is 10.1 Å². The molecule has 1 fully saturated rings. The molecule has 0 aliphatic carbocycles. The third kappa shape index (κ3) is 2.86. The molecule has 1 unspecified atom stereocenters. The van der Waals surface area contributed by atoms with Crippen LogP contribution < -0.4 is 5.32 Å². The monoisotopic (exact) mass is 282 g/mol. The highest BCUT2D eigenvalue weighted by Crippen LogP contribution is 2.29. The van der Waals surface area contributed by atoms with E-state index < -0.39 is 27.7 Å². The number of nitrogens with zero attached hydrogens (tertiary/aromatic N) is 1. The SMILES string of the molecule is O=C(O)c1cccc(NCC2(O)CCOC2)c1[N+](=O)[O-]. The second-order valence-electron chi connectivity index (χ2n) is 4.64. The van der Waals surface area contributed by atoms with E-state index in [4.69, 9.17) is 9.84 Å². The largest absolute Gasteiger partial charge is 0.477 e. The second kappa shape index (κ2) is 5.43. The molecule has 0 saturated carbocycles. The lowest BCUT2D eigenvalue weighted by Gasteiger charge is -2.21. The van der Waals surface area contributed by atoms with Gasteiger partial charge in [0.15, 0.2) is 0 Å². The van der Waals surface area contributed by atoms with Crippen LogP contribution in [-0.2, 0) is 4.74 Å². The average molecular weight is 282 g/mol. The standard InChI is InChI=1S/C12H14N2O6/c15-11(16)8-2-1-3-9(10(8)14(18)19)13-6-12(17)4-5-20-7-12/h1-3,13,17H,4-7H2,(H,15,16). The number of carbonyl (C=O) groups is 1. The summed E-state index contributed by atoms with van der Waals surface area (Å²) in [5.41, 5.74) is -1.93. The number of ether oxygens (including phenoxy) is 1. The van der Waals surface area contributed by atoms with Crippen LogP contribution >= 0.6 is 0 Å². The molecule has 0 amide bonds. The predicted octanol–water partition coefficient (Wildman–Crippen LogP) is 0.856. The van der Waals surface area contributed by atoms with Crippen molar-refractivity contribution in [2.75, 3.05) is 25.1 Å². The van der Waals surface area contributed by atoms with E-state index in [2.05, 4.69) is 5.32 Å². The number of para-hydroxylation sites is 1. The zero-order chi connectivity index (χ0) is 14.8. The van der Waals surface area contributed by atoms with Crippen LogP contribution in [0.25, 0.3) is 0 Å². The molecule has 1 aliphatic rings. The van der Waals surface area contributed by atoms with Crippen molar-refractivity contribution in [3.63, 3.8) is 0 Å². The molecule has 0 spiro atoms. The third-order valence-corrected chi connectivity index (χ3v) is 3.14. The molecule has 0 aromatic heterocycles. The van der Waals surface area contributed by atoms with Crippen LogP contribution in [-0.4, -0.2) is 46.5 Å². The Balaban J connectivity index is 2.25. The van der Waals surface area contributed by atoms with Crippen LogP contribution in [0.4, 0.5) is 11.4 Å². The first kappa shape index (κ1) is 14.2. The molecular formula is C12H14N2O6. The molecule has 3 N–H and O–H groups in total. The van der Waals surface area contributed by atoms with Gasteiger partial charge >= 0.3 is 11.7 Å². The Morgan fingerprint density at radius 3 is 2.85 bits per heavy atom. The van der Waals surface area contributed by atoms with Gasteiger partial charge in [0, 0.05) is 19.6 Å². The van der Waals surface area contributed by atoms with E-state index in [1.54, 1.807) is 0 Å². The summed E-state index contributed by atoms with van der Waals surface area (Å²) < 4.78 is 5.07. The van der Waals surface area contributed by atoms with E-state index in [9.17, 15) is 20.0 Å². The molecule has 8 nitrogen and oxygen atoms in total. The summed E-state index contributed by atoms with van der Waals surface area (Å²) in [5, 5.41) is 32.8. The molecule has 20 heavy (non-hydrogen) atoms. The molecule has 1 aromatic carbocycles. The maximum absolute atomic E-state index is 11.0. The number of hydrogen-bond donors (Lipinski definition) is 3. The third-order valence-electron chi connectivity index (χ3n) is 3.14. The molecule has 1 aliphatic heterocycles. The summed E-state index contributed by atoms with van der Waals surface area (Å²) in [4.78, 5) is 21.3. The molecule has 0 bridgehead atoms. The van der Waals surface area contributed by atoms with Crippen molar-refractivity contribution in [2.45, 2.75) is 12.0 Å². The number of anilines is 1. The summed E-state index contributed by atoms with van der Waals surface area (Å²) in [5.74, 6) is -1.37. The van der Waals surface area contributed by atoms with Crippen LogP contribution in [0.3, 0.4) is 0 Å². The predicted molar refractivity (Wildman–Crippen MR) is 68.9 cm³/mol. The summed E-state index contributed by atoms with van der Waals surface area (Å²) in [6.07, 6.45) is 0.423. The van der Waals surface area contributed by atoms with Crippen LogP contribution in [0.5, 0.6) is 0 Å². The first-order valence-corrected chi connectivity index (χ1v) is 5.98. The number of carboxylic acid groups (broad SMARTS) is 1. The topological polar surface area (TPSA) is 122 Å².